The Morgan fingerprint density at radius 1 is 1.39 bits per heavy atom. The predicted molar refractivity (Wildman–Crippen MR) is 75.0 cm³/mol. The average molecular weight is 265 g/mol. The fraction of sp³-hybridized carbons (Fsp3) is 0.500. The molecule has 3 nitrogen and oxygen atoms in total. The van der Waals surface area contributed by atoms with E-state index in [0.717, 1.165) is 12.1 Å². The Hall–Kier alpha value is -1.00. The van der Waals surface area contributed by atoms with Gasteiger partial charge in [-0.2, -0.15) is 11.8 Å². The number of rotatable bonds is 5. The standard InChI is InChI=1S/C14H19NO2S/c1-15(13-6-7-18-10-13)9-12-4-2-11(3-5-12)8-14(16)17/h2-5,13H,6-10H2,1H3,(H,16,17). The van der Waals surface area contributed by atoms with Crippen molar-refractivity contribution in [3.8, 4) is 0 Å². The molecule has 1 fully saturated rings. The van der Waals surface area contributed by atoms with Crippen molar-refractivity contribution in [2.24, 2.45) is 0 Å². The van der Waals surface area contributed by atoms with Crippen molar-refractivity contribution in [3.63, 3.8) is 0 Å². The second-order valence-corrected chi connectivity index (χ2v) is 5.97. The minimum atomic E-state index is -0.775. The smallest absolute Gasteiger partial charge is 0.307 e. The highest BCUT2D eigenvalue weighted by molar-refractivity contribution is 7.99. The summed E-state index contributed by atoms with van der Waals surface area (Å²) in [5, 5.41) is 8.71. The number of hydrogen-bond acceptors (Lipinski definition) is 3. The first kappa shape index (κ1) is 13.4. The van der Waals surface area contributed by atoms with E-state index in [-0.39, 0.29) is 6.42 Å². The van der Waals surface area contributed by atoms with Gasteiger partial charge in [-0.15, -0.1) is 0 Å². The molecule has 1 saturated heterocycles. The maximum Gasteiger partial charge on any atom is 0.307 e. The van der Waals surface area contributed by atoms with Gasteiger partial charge in [0.2, 0.25) is 0 Å². The molecular weight excluding hydrogens is 246 g/mol. The monoisotopic (exact) mass is 265 g/mol. The first-order chi connectivity index (χ1) is 8.65. The maximum atomic E-state index is 10.6. The zero-order chi connectivity index (χ0) is 13.0. The van der Waals surface area contributed by atoms with Crippen molar-refractivity contribution in [1.29, 1.82) is 0 Å². The van der Waals surface area contributed by atoms with E-state index in [1.807, 2.05) is 36.0 Å². The van der Waals surface area contributed by atoms with Crippen LogP contribution in [-0.2, 0) is 17.8 Å². The molecule has 1 N–H and O–H groups in total. The normalized spacial score (nSPS) is 19.3. The Bertz CT molecular complexity index is 399. The van der Waals surface area contributed by atoms with Crippen LogP contribution in [0.2, 0.25) is 0 Å². The Kier molecular flexibility index (Phi) is 4.66. The molecule has 1 unspecified atom stereocenters. The second-order valence-electron chi connectivity index (χ2n) is 4.82. The highest BCUT2D eigenvalue weighted by atomic mass is 32.2. The van der Waals surface area contributed by atoms with E-state index in [4.69, 9.17) is 5.11 Å². The van der Waals surface area contributed by atoms with E-state index in [2.05, 4.69) is 11.9 Å². The van der Waals surface area contributed by atoms with Crippen LogP contribution < -0.4 is 0 Å². The molecule has 1 aliphatic rings. The molecule has 1 aromatic carbocycles. The van der Waals surface area contributed by atoms with E-state index in [9.17, 15) is 4.79 Å². The lowest BCUT2D eigenvalue weighted by Gasteiger charge is -2.23. The molecule has 1 heterocycles. The maximum absolute atomic E-state index is 10.6. The van der Waals surface area contributed by atoms with Crippen molar-refractivity contribution >= 4 is 17.7 Å². The Balaban J connectivity index is 1.91. The van der Waals surface area contributed by atoms with Gasteiger partial charge in [-0.3, -0.25) is 9.69 Å². The first-order valence-corrected chi connectivity index (χ1v) is 7.38. The third kappa shape index (κ3) is 3.75. The molecule has 18 heavy (non-hydrogen) atoms. The molecule has 2 rings (SSSR count). The van der Waals surface area contributed by atoms with Gasteiger partial charge in [0.1, 0.15) is 0 Å². The van der Waals surface area contributed by atoms with Crippen LogP contribution in [0.1, 0.15) is 17.5 Å². The molecule has 0 radical (unpaired) electrons. The minimum absolute atomic E-state index is 0.107. The third-order valence-electron chi connectivity index (χ3n) is 3.34. The second kappa shape index (κ2) is 6.25. The van der Waals surface area contributed by atoms with Crippen molar-refractivity contribution in [2.75, 3.05) is 18.6 Å². The Morgan fingerprint density at radius 2 is 2.06 bits per heavy atom. The highest BCUT2D eigenvalue weighted by Gasteiger charge is 2.19. The van der Waals surface area contributed by atoms with Gasteiger partial charge < -0.3 is 5.11 Å². The van der Waals surface area contributed by atoms with Crippen molar-refractivity contribution < 1.29 is 9.90 Å². The van der Waals surface area contributed by atoms with Crippen LogP contribution in [0.4, 0.5) is 0 Å². The van der Waals surface area contributed by atoms with Gasteiger partial charge in [-0.1, -0.05) is 24.3 Å². The van der Waals surface area contributed by atoms with Crippen LogP contribution in [0.15, 0.2) is 24.3 Å². The molecule has 0 amide bonds. The van der Waals surface area contributed by atoms with Crippen molar-refractivity contribution in [1.82, 2.24) is 4.90 Å². The summed E-state index contributed by atoms with van der Waals surface area (Å²) >= 11 is 2.02. The van der Waals surface area contributed by atoms with Crippen LogP contribution in [0.3, 0.4) is 0 Å². The van der Waals surface area contributed by atoms with E-state index in [0.29, 0.717) is 6.04 Å². The molecule has 1 atom stereocenters. The number of carbonyl (C=O) groups is 1. The van der Waals surface area contributed by atoms with E-state index in [1.165, 1.54) is 23.5 Å². The molecule has 4 heteroatoms. The van der Waals surface area contributed by atoms with Crippen LogP contribution in [0.25, 0.3) is 0 Å². The fourth-order valence-electron chi connectivity index (χ4n) is 2.22. The summed E-state index contributed by atoms with van der Waals surface area (Å²) in [6.07, 6.45) is 1.38. The number of carboxylic acids is 1. The van der Waals surface area contributed by atoms with Crippen molar-refractivity contribution in [3.05, 3.63) is 35.4 Å². The lowest BCUT2D eigenvalue weighted by Crippen LogP contribution is -2.30. The summed E-state index contributed by atoms with van der Waals surface area (Å²) in [5.41, 5.74) is 2.12. The summed E-state index contributed by atoms with van der Waals surface area (Å²) in [6, 6.07) is 8.60. The van der Waals surface area contributed by atoms with Gasteiger partial charge >= 0.3 is 5.97 Å². The van der Waals surface area contributed by atoms with Crippen LogP contribution in [-0.4, -0.2) is 40.6 Å². The van der Waals surface area contributed by atoms with Crippen LogP contribution in [0.5, 0.6) is 0 Å². The number of thioether (sulfide) groups is 1. The third-order valence-corrected chi connectivity index (χ3v) is 4.48. The van der Waals surface area contributed by atoms with Gasteiger partial charge in [-0.25, -0.2) is 0 Å². The molecule has 0 aromatic heterocycles. The van der Waals surface area contributed by atoms with Gasteiger partial charge in [0.15, 0.2) is 0 Å². The lowest BCUT2D eigenvalue weighted by atomic mass is 10.1. The lowest BCUT2D eigenvalue weighted by molar-refractivity contribution is -0.136. The Morgan fingerprint density at radius 3 is 2.61 bits per heavy atom. The average Bonchev–Trinajstić information content (AvgIpc) is 2.84. The molecular formula is C14H19NO2S. The zero-order valence-electron chi connectivity index (χ0n) is 10.6. The molecule has 0 saturated carbocycles. The van der Waals surface area contributed by atoms with Crippen LogP contribution >= 0.6 is 11.8 Å². The molecule has 0 aliphatic carbocycles. The molecule has 1 aliphatic heterocycles. The largest absolute Gasteiger partial charge is 0.481 e. The molecule has 0 bridgehead atoms. The number of aliphatic carboxylic acids is 1. The fourth-order valence-corrected chi connectivity index (χ4v) is 3.52. The summed E-state index contributed by atoms with van der Waals surface area (Å²) in [7, 11) is 2.17. The number of benzene rings is 1. The van der Waals surface area contributed by atoms with Gasteiger partial charge in [0.05, 0.1) is 6.42 Å². The SMILES string of the molecule is CN(Cc1ccc(CC(=O)O)cc1)C1CCSC1. The first-order valence-electron chi connectivity index (χ1n) is 6.23. The van der Waals surface area contributed by atoms with Gasteiger partial charge in [-0.05, 0) is 30.3 Å². The summed E-state index contributed by atoms with van der Waals surface area (Å²) in [4.78, 5) is 13.0. The molecule has 1 aromatic rings. The Labute approximate surface area is 112 Å². The predicted octanol–water partition coefficient (Wildman–Crippen LogP) is 2.25. The zero-order valence-corrected chi connectivity index (χ0v) is 11.4. The van der Waals surface area contributed by atoms with Gasteiger partial charge in [0.25, 0.3) is 0 Å². The summed E-state index contributed by atoms with van der Waals surface area (Å²) < 4.78 is 0. The van der Waals surface area contributed by atoms with Crippen molar-refractivity contribution in [2.45, 2.75) is 25.4 Å². The summed E-state index contributed by atoms with van der Waals surface area (Å²) in [5.74, 6) is 1.73. The van der Waals surface area contributed by atoms with E-state index in [1.54, 1.807) is 0 Å². The number of hydrogen-bond donors (Lipinski definition) is 1. The van der Waals surface area contributed by atoms with E-state index < -0.39 is 5.97 Å². The topological polar surface area (TPSA) is 40.5 Å². The minimum Gasteiger partial charge on any atom is -0.481 e. The van der Waals surface area contributed by atoms with Gasteiger partial charge in [0, 0.05) is 18.3 Å². The number of nitrogens with zero attached hydrogens (tertiary/aromatic N) is 1. The quantitative estimate of drug-likeness (QED) is 0.886. The number of carboxylic acid groups (broad SMARTS) is 1. The summed E-state index contributed by atoms with van der Waals surface area (Å²) in [6.45, 7) is 0.943. The molecule has 0 spiro atoms. The molecule has 98 valence electrons. The van der Waals surface area contributed by atoms with E-state index >= 15 is 0 Å². The van der Waals surface area contributed by atoms with Crippen LogP contribution in [0, 0.1) is 0 Å². The highest BCUT2D eigenvalue weighted by Crippen LogP contribution is 2.22.